The van der Waals surface area contributed by atoms with Crippen molar-refractivity contribution in [3.05, 3.63) is 120 Å². The van der Waals surface area contributed by atoms with E-state index in [4.69, 9.17) is 0 Å². The third kappa shape index (κ3) is 7.04. The van der Waals surface area contributed by atoms with Gasteiger partial charge in [-0.15, -0.1) is 0 Å². The molecule has 0 aliphatic rings. The molecule has 0 saturated heterocycles. The Morgan fingerprint density at radius 1 is 0.841 bits per heavy atom. The summed E-state index contributed by atoms with van der Waals surface area (Å²) in [6.45, 7) is 1.55. The third-order valence-corrected chi connectivity index (χ3v) is 6.64. The highest BCUT2D eigenvalue weighted by atomic mass is 19.4. The highest BCUT2D eigenvalue weighted by Gasteiger charge is 2.30. The van der Waals surface area contributed by atoms with Crippen molar-refractivity contribution < 1.29 is 27.6 Å². The summed E-state index contributed by atoms with van der Waals surface area (Å²) in [5, 5.41) is 8.95. The summed E-state index contributed by atoms with van der Waals surface area (Å²) in [7, 11) is 0. The van der Waals surface area contributed by atoms with Crippen LogP contribution in [0.4, 0.5) is 19.0 Å². The van der Waals surface area contributed by atoms with E-state index in [-0.39, 0.29) is 35.4 Å². The molecule has 2 aromatic carbocycles. The third-order valence-electron chi connectivity index (χ3n) is 6.64. The smallest absolute Gasteiger partial charge is 0.354 e. The molecule has 0 saturated carbocycles. The van der Waals surface area contributed by atoms with Crippen LogP contribution in [0.15, 0.2) is 97.3 Å². The molecule has 12 heteroatoms. The van der Waals surface area contributed by atoms with Crippen molar-refractivity contribution in [1.82, 2.24) is 25.6 Å². The molecule has 0 bridgehead atoms. The molecule has 1 atom stereocenters. The molecule has 5 rings (SSSR count). The molecular weight excluding hydrogens is 573 g/mol. The maximum absolute atomic E-state index is 13.2. The van der Waals surface area contributed by atoms with Gasteiger partial charge in [0.25, 0.3) is 11.8 Å². The number of carbonyl (C=O) groups excluding carboxylic acids is 3. The lowest BCUT2D eigenvalue weighted by Crippen LogP contribution is -2.37. The van der Waals surface area contributed by atoms with Crippen LogP contribution in [0.2, 0.25) is 0 Å². The fourth-order valence-corrected chi connectivity index (χ4v) is 4.45. The predicted molar refractivity (Wildman–Crippen MR) is 157 cm³/mol. The summed E-state index contributed by atoms with van der Waals surface area (Å²) in [5.41, 5.74) is 1.38. The minimum absolute atomic E-state index is 0.155. The SMILES string of the molecule is CC(=O)NC[C@H](NC(=O)c1ccc2nc(NC(=O)c3cccnc3-c3ccc(C(F)(F)F)cc3)ccc2c1)c1ccccn1. The van der Waals surface area contributed by atoms with Gasteiger partial charge >= 0.3 is 6.18 Å². The van der Waals surface area contributed by atoms with Gasteiger partial charge in [-0.1, -0.05) is 18.2 Å². The van der Waals surface area contributed by atoms with E-state index in [1.807, 2.05) is 0 Å². The zero-order chi connectivity index (χ0) is 31.3. The standard InChI is InChI=1S/C32H25F3N6O3/c1-19(42)38-18-27(26-6-2-3-15-36-26)40-30(43)22-9-13-25-21(17-22)10-14-28(39-25)41-31(44)24-5-4-16-37-29(24)20-7-11-23(12-8-20)32(33,34)35/h2-17,27H,18H2,1H3,(H,38,42)(H,40,43)(H,39,41,44)/t27-/m0/s1. The minimum Gasteiger partial charge on any atom is -0.354 e. The number of fused-ring (bicyclic) bond motifs is 1. The van der Waals surface area contributed by atoms with Crippen molar-refractivity contribution in [2.24, 2.45) is 0 Å². The number of halogens is 3. The first kappa shape index (κ1) is 29.8. The van der Waals surface area contributed by atoms with Crippen LogP contribution < -0.4 is 16.0 Å². The van der Waals surface area contributed by atoms with E-state index in [1.165, 1.54) is 31.3 Å². The number of pyridine rings is 3. The van der Waals surface area contributed by atoms with E-state index in [9.17, 15) is 27.6 Å². The molecule has 0 radical (unpaired) electrons. The van der Waals surface area contributed by atoms with E-state index < -0.39 is 23.7 Å². The average molecular weight is 599 g/mol. The second-order valence-electron chi connectivity index (χ2n) is 9.75. The van der Waals surface area contributed by atoms with Gasteiger partial charge in [-0.3, -0.25) is 24.4 Å². The Hall–Kier alpha value is -5.65. The summed E-state index contributed by atoms with van der Waals surface area (Å²) >= 11 is 0. The number of alkyl halides is 3. The number of carbonyl (C=O) groups is 3. The van der Waals surface area contributed by atoms with E-state index >= 15 is 0 Å². The molecule has 0 spiro atoms. The molecule has 3 heterocycles. The summed E-state index contributed by atoms with van der Waals surface area (Å²) in [6, 6.07) is 20.4. The monoisotopic (exact) mass is 598 g/mol. The van der Waals surface area contributed by atoms with Gasteiger partial charge in [-0.25, -0.2) is 4.98 Å². The minimum atomic E-state index is -4.48. The quantitative estimate of drug-likeness (QED) is 0.215. The Bertz CT molecular complexity index is 1830. The first-order valence-corrected chi connectivity index (χ1v) is 13.4. The maximum atomic E-state index is 13.2. The van der Waals surface area contributed by atoms with Crippen LogP contribution >= 0.6 is 0 Å². The predicted octanol–water partition coefficient (Wildman–Crippen LogP) is 5.57. The Labute approximate surface area is 249 Å². The molecule has 44 heavy (non-hydrogen) atoms. The Kier molecular flexibility index (Phi) is 8.61. The molecular formula is C32H25F3N6O3. The van der Waals surface area contributed by atoms with E-state index in [0.717, 1.165) is 12.1 Å². The summed E-state index contributed by atoms with van der Waals surface area (Å²) in [5.74, 6) is -0.931. The van der Waals surface area contributed by atoms with Gasteiger partial charge in [0.15, 0.2) is 0 Å². The average Bonchev–Trinajstić information content (AvgIpc) is 3.02. The molecule has 0 aliphatic heterocycles. The number of hydrogen-bond acceptors (Lipinski definition) is 6. The van der Waals surface area contributed by atoms with Gasteiger partial charge in [0.05, 0.1) is 34.1 Å². The van der Waals surface area contributed by atoms with Gasteiger partial charge in [-0.05, 0) is 66.7 Å². The van der Waals surface area contributed by atoms with E-state index in [1.54, 1.807) is 60.8 Å². The topological polar surface area (TPSA) is 126 Å². The molecule has 222 valence electrons. The molecule has 3 N–H and O–H groups in total. The fraction of sp³-hybridized carbons (Fsp3) is 0.125. The Morgan fingerprint density at radius 3 is 2.32 bits per heavy atom. The number of anilines is 1. The number of aromatic nitrogens is 3. The Morgan fingerprint density at radius 2 is 1.61 bits per heavy atom. The molecule has 0 fully saturated rings. The number of benzene rings is 2. The van der Waals surface area contributed by atoms with Crippen molar-refractivity contribution in [1.29, 1.82) is 0 Å². The van der Waals surface area contributed by atoms with Crippen LogP contribution in [-0.2, 0) is 11.0 Å². The van der Waals surface area contributed by atoms with Gasteiger partial charge in [0.2, 0.25) is 5.91 Å². The van der Waals surface area contributed by atoms with E-state index in [2.05, 4.69) is 30.9 Å². The zero-order valence-corrected chi connectivity index (χ0v) is 23.2. The number of rotatable bonds is 8. The second-order valence-corrected chi connectivity index (χ2v) is 9.75. The summed E-state index contributed by atoms with van der Waals surface area (Å²) in [6.07, 6.45) is -1.43. The van der Waals surface area contributed by atoms with Crippen LogP contribution in [0.3, 0.4) is 0 Å². The fourth-order valence-electron chi connectivity index (χ4n) is 4.45. The number of nitrogens with zero attached hydrogens (tertiary/aromatic N) is 3. The highest BCUT2D eigenvalue weighted by molar-refractivity contribution is 6.08. The first-order chi connectivity index (χ1) is 21.1. The van der Waals surface area contributed by atoms with Gasteiger partial charge in [0, 0.05) is 42.4 Å². The molecule has 0 aliphatic carbocycles. The Balaban J connectivity index is 1.32. The lowest BCUT2D eigenvalue weighted by molar-refractivity contribution is -0.137. The lowest BCUT2D eigenvalue weighted by atomic mass is 10.0. The van der Waals surface area contributed by atoms with Gasteiger partial charge in [-0.2, -0.15) is 13.2 Å². The normalized spacial score (nSPS) is 11.9. The van der Waals surface area contributed by atoms with Crippen molar-refractivity contribution in [3.63, 3.8) is 0 Å². The molecule has 3 aromatic heterocycles. The van der Waals surface area contributed by atoms with Crippen LogP contribution in [0, 0.1) is 0 Å². The summed E-state index contributed by atoms with van der Waals surface area (Å²) in [4.78, 5) is 50.7. The van der Waals surface area contributed by atoms with Crippen molar-refractivity contribution in [2.45, 2.75) is 19.1 Å². The van der Waals surface area contributed by atoms with Crippen molar-refractivity contribution >= 4 is 34.4 Å². The zero-order valence-electron chi connectivity index (χ0n) is 23.2. The van der Waals surface area contributed by atoms with Crippen molar-refractivity contribution in [3.8, 4) is 11.3 Å². The largest absolute Gasteiger partial charge is 0.416 e. The van der Waals surface area contributed by atoms with Crippen LogP contribution in [0.5, 0.6) is 0 Å². The van der Waals surface area contributed by atoms with Gasteiger partial charge < -0.3 is 16.0 Å². The first-order valence-electron chi connectivity index (χ1n) is 13.4. The van der Waals surface area contributed by atoms with Crippen LogP contribution in [-0.4, -0.2) is 39.2 Å². The number of hydrogen-bond donors (Lipinski definition) is 3. The number of amides is 3. The maximum Gasteiger partial charge on any atom is 0.416 e. The molecule has 9 nitrogen and oxygen atoms in total. The lowest BCUT2D eigenvalue weighted by Gasteiger charge is -2.19. The number of nitrogens with one attached hydrogen (secondary N) is 3. The molecule has 3 amide bonds. The van der Waals surface area contributed by atoms with Crippen LogP contribution in [0.1, 0.15) is 44.9 Å². The van der Waals surface area contributed by atoms with Gasteiger partial charge in [0.1, 0.15) is 5.82 Å². The molecule has 5 aromatic rings. The van der Waals surface area contributed by atoms with E-state index in [0.29, 0.717) is 27.7 Å². The second kappa shape index (κ2) is 12.7. The molecule has 0 unspecified atom stereocenters. The highest BCUT2D eigenvalue weighted by Crippen LogP contribution is 2.31. The summed E-state index contributed by atoms with van der Waals surface area (Å²) < 4.78 is 39.0. The van der Waals surface area contributed by atoms with Crippen LogP contribution in [0.25, 0.3) is 22.2 Å². The van der Waals surface area contributed by atoms with Crippen molar-refractivity contribution in [2.75, 3.05) is 11.9 Å².